The van der Waals surface area contributed by atoms with Crippen LogP contribution in [0.3, 0.4) is 0 Å². The smallest absolute Gasteiger partial charge is 0.348 e. The van der Waals surface area contributed by atoms with Crippen LogP contribution in [-0.2, 0) is 0 Å². The SMILES string of the molecule is CCC(C)(C)C(C)(C)NC(=O)N=NC(N)=O. The molecule has 0 aliphatic heterocycles. The van der Waals surface area contributed by atoms with Crippen LogP contribution in [0.1, 0.15) is 41.0 Å². The van der Waals surface area contributed by atoms with Crippen molar-refractivity contribution in [2.75, 3.05) is 0 Å². The first kappa shape index (κ1) is 14.5. The van der Waals surface area contributed by atoms with E-state index in [2.05, 4.69) is 15.5 Å². The van der Waals surface area contributed by atoms with E-state index in [9.17, 15) is 9.59 Å². The Morgan fingerprint density at radius 3 is 2.06 bits per heavy atom. The lowest BCUT2D eigenvalue weighted by Crippen LogP contribution is -2.52. The molecule has 0 aromatic rings. The highest BCUT2D eigenvalue weighted by Gasteiger charge is 2.36. The van der Waals surface area contributed by atoms with E-state index in [0.29, 0.717) is 0 Å². The van der Waals surface area contributed by atoms with Crippen molar-refractivity contribution in [3.05, 3.63) is 0 Å². The van der Waals surface area contributed by atoms with Crippen LogP contribution in [-0.4, -0.2) is 17.6 Å². The van der Waals surface area contributed by atoms with Gasteiger partial charge < -0.3 is 11.1 Å². The van der Waals surface area contributed by atoms with Crippen molar-refractivity contribution in [2.45, 2.75) is 46.6 Å². The van der Waals surface area contributed by atoms with Crippen molar-refractivity contribution in [1.82, 2.24) is 5.32 Å². The Balaban J connectivity index is 4.60. The molecule has 3 N–H and O–H groups in total. The van der Waals surface area contributed by atoms with Crippen molar-refractivity contribution in [2.24, 2.45) is 21.4 Å². The van der Waals surface area contributed by atoms with Crippen LogP contribution in [0.4, 0.5) is 9.59 Å². The Bertz CT molecular complexity index is 308. The summed E-state index contributed by atoms with van der Waals surface area (Å²) in [4.78, 5) is 21.7. The minimum absolute atomic E-state index is 0.0924. The molecule has 0 aromatic heterocycles. The number of urea groups is 2. The molecule has 92 valence electrons. The van der Waals surface area contributed by atoms with Crippen molar-refractivity contribution in [1.29, 1.82) is 0 Å². The summed E-state index contributed by atoms with van der Waals surface area (Å²) in [5, 5.41) is 8.82. The standard InChI is InChI=1S/C10H20N4O2/c1-6-9(2,3)10(4,5)12-8(16)14-13-7(11)15/h6H2,1-5H3,(H2,11,15)(H,12,16). The summed E-state index contributed by atoms with van der Waals surface area (Å²) in [6, 6.07) is -1.65. The molecule has 0 saturated carbocycles. The number of azo groups is 1. The molecule has 16 heavy (non-hydrogen) atoms. The van der Waals surface area contributed by atoms with E-state index in [0.717, 1.165) is 6.42 Å². The zero-order valence-electron chi connectivity index (χ0n) is 10.5. The Morgan fingerprint density at radius 2 is 1.69 bits per heavy atom. The number of rotatable bonds is 3. The molecule has 0 rings (SSSR count). The molecule has 0 unspecified atom stereocenters. The fourth-order valence-electron chi connectivity index (χ4n) is 0.998. The van der Waals surface area contributed by atoms with Crippen LogP contribution in [0.5, 0.6) is 0 Å². The molecule has 0 bridgehead atoms. The average Bonchev–Trinajstić information content (AvgIpc) is 2.13. The van der Waals surface area contributed by atoms with Gasteiger partial charge in [0.05, 0.1) is 0 Å². The minimum Gasteiger partial charge on any atom is -0.348 e. The average molecular weight is 228 g/mol. The normalized spacial score (nSPS) is 12.8. The van der Waals surface area contributed by atoms with Gasteiger partial charge in [-0.1, -0.05) is 31.0 Å². The van der Waals surface area contributed by atoms with E-state index in [1.54, 1.807) is 0 Å². The maximum atomic E-state index is 11.3. The molecule has 0 fully saturated rings. The first-order chi connectivity index (χ1) is 7.12. The van der Waals surface area contributed by atoms with E-state index < -0.39 is 17.6 Å². The second kappa shape index (κ2) is 5.05. The lowest BCUT2D eigenvalue weighted by molar-refractivity contribution is 0.152. The lowest BCUT2D eigenvalue weighted by atomic mass is 9.73. The van der Waals surface area contributed by atoms with E-state index in [-0.39, 0.29) is 5.41 Å². The molecule has 0 aromatic carbocycles. The van der Waals surface area contributed by atoms with E-state index in [1.165, 1.54) is 0 Å². The maximum Gasteiger partial charge on any atom is 0.360 e. The third-order valence-electron chi connectivity index (χ3n) is 3.23. The fraction of sp³-hybridized carbons (Fsp3) is 0.800. The molecule has 6 nitrogen and oxygen atoms in total. The fourth-order valence-corrected chi connectivity index (χ4v) is 0.998. The van der Waals surface area contributed by atoms with Gasteiger partial charge in [-0.3, -0.25) is 0 Å². The van der Waals surface area contributed by atoms with E-state index >= 15 is 0 Å². The Kier molecular flexibility index (Phi) is 4.59. The first-order valence-corrected chi connectivity index (χ1v) is 5.15. The maximum absolute atomic E-state index is 11.3. The van der Waals surface area contributed by atoms with Crippen molar-refractivity contribution in [3.8, 4) is 0 Å². The second-order valence-corrected chi connectivity index (χ2v) is 4.83. The number of amides is 4. The summed E-state index contributed by atoms with van der Waals surface area (Å²) in [7, 11) is 0. The number of nitrogens with one attached hydrogen (secondary N) is 1. The summed E-state index contributed by atoms with van der Waals surface area (Å²) in [6.45, 7) is 9.91. The van der Waals surface area contributed by atoms with Crippen LogP contribution < -0.4 is 11.1 Å². The highest BCUT2D eigenvalue weighted by Crippen LogP contribution is 2.33. The topological polar surface area (TPSA) is 96.9 Å². The van der Waals surface area contributed by atoms with E-state index in [4.69, 9.17) is 5.73 Å². The van der Waals surface area contributed by atoms with Gasteiger partial charge in [-0.15, -0.1) is 0 Å². The molecule has 6 heteroatoms. The van der Waals surface area contributed by atoms with Crippen LogP contribution in [0, 0.1) is 5.41 Å². The number of nitrogens with two attached hydrogens (primary N) is 1. The zero-order valence-corrected chi connectivity index (χ0v) is 10.5. The second-order valence-electron chi connectivity index (χ2n) is 4.83. The molecular formula is C10H20N4O2. The van der Waals surface area contributed by atoms with Gasteiger partial charge in [0.15, 0.2) is 0 Å². The van der Waals surface area contributed by atoms with Gasteiger partial charge in [-0.05, 0) is 25.7 Å². The van der Waals surface area contributed by atoms with E-state index in [1.807, 2.05) is 34.6 Å². The molecule has 0 radical (unpaired) electrons. The van der Waals surface area contributed by atoms with Crippen molar-refractivity contribution in [3.63, 3.8) is 0 Å². The zero-order chi connectivity index (χ0) is 13.0. The van der Waals surface area contributed by atoms with Gasteiger partial charge in [0.25, 0.3) is 0 Å². The predicted molar refractivity (Wildman–Crippen MR) is 61.1 cm³/mol. The predicted octanol–water partition coefficient (Wildman–Crippen LogP) is 2.44. The molecule has 0 heterocycles. The van der Waals surface area contributed by atoms with Crippen LogP contribution >= 0.6 is 0 Å². The number of hydrogen-bond acceptors (Lipinski definition) is 2. The molecular weight excluding hydrogens is 208 g/mol. The largest absolute Gasteiger partial charge is 0.360 e. The molecule has 4 amide bonds. The summed E-state index contributed by atoms with van der Waals surface area (Å²) in [6.07, 6.45) is 0.896. The van der Waals surface area contributed by atoms with Crippen molar-refractivity contribution >= 4 is 12.1 Å². The highest BCUT2D eigenvalue weighted by molar-refractivity contribution is 5.79. The summed E-state index contributed by atoms with van der Waals surface area (Å²) in [5.74, 6) is 0. The summed E-state index contributed by atoms with van der Waals surface area (Å²) in [5.41, 5.74) is 4.20. The third-order valence-corrected chi connectivity index (χ3v) is 3.23. The van der Waals surface area contributed by atoms with Gasteiger partial charge in [0, 0.05) is 5.54 Å². The summed E-state index contributed by atoms with van der Waals surface area (Å²) < 4.78 is 0. The molecule has 0 aliphatic carbocycles. The third kappa shape index (κ3) is 3.96. The number of nitrogens with zero attached hydrogens (tertiary/aromatic N) is 2. The van der Waals surface area contributed by atoms with Crippen molar-refractivity contribution < 1.29 is 9.59 Å². The Morgan fingerprint density at radius 1 is 1.19 bits per heavy atom. The lowest BCUT2D eigenvalue weighted by Gasteiger charge is -2.41. The van der Waals surface area contributed by atoms with Crippen LogP contribution in [0.2, 0.25) is 0 Å². The number of carbonyl (C=O) groups is 2. The van der Waals surface area contributed by atoms with Gasteiger partial charge in [-0.25, -0.2) is 9.59 Å². The molecule has 0 spiro atoms. The van der Waals surface area contributed by atoms with Gasteiger partial charge >= 0.3 is 12.1 Å². The monoisotopic (exact) mass is 228 g/mol. The number of carbonyl (C=O) groups excluding carboxylic acids is 2. The molecule has 0 atom stereocenters. The van der Waals surface area contributed by atoms with Gasteiger partial charge in [0.1, 0.15) is 0 Å². The number of hydrogen-bond donors (Lipinski definition) is 2. The highest BCUT2D eigenvalue weighted by atomic mass is 16.2. The molecule has 0 aliphatic rings. The Hall–Kier alpha value is -1.46. The van der Waals surface area contributed by atoms with Gasteiger partial charge in [-0.2, -0.15) is 0 Å². The minimum atomic E-state index is -0.984. The van der Waals surface area contributed by atoms with Crippen LogP contribution in [0.25, 0.3) is 0 Å². The Labute approximate surface area is 95.7 Å². The van der Waals surface area contributed by atoms with Gasteiger partial charge in [0.2, 0.25) is 0 Å². The molecule has 0 saturated heterocycles. The summed E-state index contributed by atoms with van der Waals surface area (Å²) >= 11 is 0. The number of primary amides is 1. The quantitative estimate of drug-likeness (QED) is 0.725. The first-order valence-electron chi connectivity index (χ1n) is 5.15. The van der Waals surface area contributed by atoms with Crippen LogP contribution in [0.15, 0.2) is 10.2 Å².